The SMILES string of the molecule is c1ccc2c(c1)CN[C@@H](CN(CCCCNC1CCNCC1)[C@H]1CCCc3cccnc31)C2. The van der Waals surface area contributed by atoms with Gasteiger partial charge in [-0.15, -0.1) is 0 Å². The second kappa shape index (κ2) is 11.6. The first-order chi connectivity index (χ1) is 16.4. The zero-order valence-corrected chi connectivity index (χ0v) is 20.1. The van der Waals surface area contributed by atoms with E-state index in [0.717, 1.165) is 45.7 Å². The van der Waals surface area contributed by atoms with Crippen LogP contribution in [0.3, 0.4) is 0 Å². The summed E-state index contributed by atoms with van der Waals surface area (Å²) in [5, 5.41) is 11.1. The van der Waals surface area contributed by atoms with Crippen molar-refractivity contribution in [3.8, 4) is 0 Å². The fourth-order valence-corrected chi connectivity index (χ4v) is 6.02. The Morgan fingerprint density at radius 1 is 0.970 bits per heavy atom. The van der Waals surface area contributed by atoms with Crippen molar-refractivity contribution in [2.45, 2.75) is 76.0 Å². The third-order valence-corrected chi connectivity index (χ3v) is 7.87. The summed E-state index contributed by atoms with van der Waals surface area (Å²) in [7, 11) is 0. The minimum atomic E-state index is 0.464. The van der Waals surface area contributed by atoms with Gasteiger partial charge in [-0.05, 0) is 100 Å². The highest BCUT2D eigenvalue weighted by Crippen LogP contribution is 2.33. The minimum absolute atomic E-state index is 0.464. The maximum Gasteiger partial charge on any atom is 0.0607 e. The van der Waals surface area contributed by atoms with Gasteiger partial charge in [0.2, 0.25) is 0 Å². The summed E-state index contributed by atoms with van der Waals surface area (Å²) in [5.74, 6) is 0. The fraction of sp³-hybridized carbons (Fsp3) is 0.607. The number of piperidine rings is 1. The third kappa shape index (κ3) is 6.02. The number of pyridine rings is 1. The predicted molar refractivity (Wildman–Crippen MR) is 135 cm³/mol. The molecule has 3 heterocycles. The summed E-state index contributed by atoms with van der Waals surface area (Å²) < 4.78 is 0. The van der Waals surface area contributed by atoms with Gasteiger partial charge in [-0.3, -0.25) is 9.88 Å². The van der Waals surface area contributed by atoms with Crippen molar-refractivity contribution < 1.29 is 0 Å². The van der Waals surface area contributed by atoms with Gasteiger partial charge in [0.15, 0.2) is 0 Å². The van der Waals surface area contributed by atoms with Crippen molar-refractivity contribution in [1.29, 1.82) is 0 Å². The second-order valence-corrected chi connectivity index (χ2v) is 10.2. The molecule has 0 radical (unpaired) electrons. The highest BCUT2D eigenvalue weighted by atomic mass is 15.2. The van der Waals surface area contributed by atoms with Crippen molar-refractivity contribution in [2.24, 2.45) is 0 Å². The van der Waals surface area contributed by atoms with Gasteiger partial charge in [-0.2, -0.15) is 0 Å². The molecule has 0 saturated carbocycles. The smallest absolute Gasteiger partial charge is 0.0607 e. The molecule has 2 aromatic rings. The van der Waals surface area contributed by atoms with Crippen LogP contribution in [0.1, 0.15) is 67.0 Å². The van der Waals surface area contributed by atoms with E-state index in [9.17, 15) is 0 Å². The van der Waals surface area contributed by atoms with Gasteiger partial charge in [0.1, 0.15) is 0 Å². The zero-order chi connectivity index (χ0) is 22.3. The lowest BCUT2D eigenvalue weighted by Gasteiger charge is -2.38. The van der Waals surface area contributed by atoms with E-state index in [1.54, 1.807) is 0 Å². The van der Waals surface area contributed by atoms with Crippen LogP contribution in [0.2, 0.25) is 0 Å². The number of aromatic nitrogens is 1. The Hall–Kier alpha value is -1.79. The first-order valence-corrected chi connectivity index (χ1v) is 13.3. The summed E-state index contributed by atoms with van der Waals surface area (Å²) >= 11 is 0. The van der Waals surface area contributed by atoms with E-state index in [0.29, 0.717) is 18.1 Å². The number of benzene rings is 1. The summed E-state index contributed by atoms with van der Waals surface area (Å²) in [6.45, 7) is 6.74. The van der Waals surface area contributed by atoms with Crippen LogP contribution in [0.5, 0.6) is 0 Å². The Kier molecular flexibility index (Phi) is 8.05. The zero-order valence-electron chi connectivity index (χ0n) is 20.1. The molecule has 0 spiro atoms. The molecule has 1 aromatic heterocycles. The van der Waals surface area contributed by atoms with Gasteiger partial charge >= 0.3 is 0 Å². The maximum atomic E-state index is 4.88. The Morgan fingerprint density at radius 2 is 1.82 bits per heavy atom. The summed E-state index contributed by atoms with van der Waals surface area (Å²) in [6, 6.07) is 15.0. The first-order valence-electron chi connectivity index (χ1n) is 13.3. The van der Waals surface area contributed by atoms with Crippen molar-refractivity contribution in [2.75, 3.05) is 32.7 Å². The number of nitrogens with zero attached hydrogens (tertiary/aromatic N) is 2. The van der Waals surface area contributed by atoms with Crippen LogP contribution in [0.25, 0.3) is 0 Å². The molecule has 2 atom stereocenters. The Morgan fingerprint density at radius 3 is 2.73 bits per heavy atom. The quantitative estimate of drug-likeness (QED) is 0.513. The molecule has 3 aliphatic rings. The second-order valence-electron chi connectivity index (χ2n) is 10.2. The number of hydrogen-bond acceptors (Lipinski definition) is 5. The van der Waals surface area contributed by atoms with E-state index in [-0.39, 0.29) is 0 Å². The molecule has 33 heavy (non-hydrogen) atoms. The molecule has 5 rings (SSSR count). The number of fused-ring (bicyclic) bond motifs is 2. The van der Waals surface area contributed by atoms with Crippen LogP contribution in [0, 0.1) is 0 Å². The Labute approximate surface area is 199 Å². The van der Waals surface area contributed by atoms with E-state index >= 15 is 0 Å². The van der Waals surface area contributed by atoms with Crippen LogP contribution < -0.4 is 16.0 Å². The lowest BCUT2D eigenvalue weighted by Crippen LogP contribution is -2.46. The average molecular weight is 448 g/mol. The van der Waals surface area contributed by atoms with Gasteiger partial charge < -0.3 is 16.0 Å². The highest BCUT2D eigenvalue weighted by molar-refractivity contribution is 5.30. The topological polar surface area (TPSA) is 52.2 Å². The Bertz CT molecular complexity index is 878. The maximum absolute atomic E-state index is 4.88. The van der Waals surface area contributed by atoms with E-state index in [1.807, 2.05) is 6.20 Å². The Balaban J connectivity index is 1.21. The molecular formula is C28H41N5. The van der Waals surface area contributed by atoms with Crippen molar-refractivity contribution in [3.05, 3.63) is 65.0 Å². The number of hydrogen-bond donors (Lipinski definition) is 3. The molecule has 3 N–H and O–H groups in total. The molecular weight excluding hydrogens is 406 g/mol. The van der Waals surface area contributed by atoms with Crippen LogP contribution in [-0.2, 0) is 19.4 Å². The van der Waals surface area contributed by atoms with Crippen LogP contribution >= 0.6 is 0 Å². The molecule has 178 valence electrons. The molecule has 1 aliphatic carbocycles. The lowest BCUT2D eigenvalue weighted by atomic mass is 9.89. The number of aryl methyl sites for hydroxylation is 1. The fourth-order valence-electron chi connectivity index (χ4n) is 6.02. The van der Waals surface area contributed by atoms with E-state index in [1.165, 1.54) is 67.3 Å². The summed E-state index contributed by atoms with van der Waals surface area (Å²) in [4.78, 5) is 7.64. The van der Waals surface area contributed by atoms with Crippen molar-refractivity contribution in [3.63, 3.8) is 0 Å². The van der Waals surface area contributed by atoms with Crippen LogP contribution in [0.4, 0.5) is 0 Å². The molecule has 5 heteroatoms. The first kappa shape index (κ1) is 23.0. The average Bonchev–Trinajstić information content (AvgIpc) is 2.88. The molecule has 1 saturated heterocycles. The van der Waals surface area contributed by atoms with Crippen LogP contribution in [-0.4, -0.2) is 54.7 Å². The number of rotatable bonds is 9. The monoisotopic (exact) mass is 447 g/mol. The summed E-state index contributed by atoms with van der Waals surface area (Å²) in [5.41, 5.74) is 5.80. The van der Waals surface area contributed by atoms with Gasteiger partial charge in [0.05, 0.1) is 11.7 Å². The molecule has 0 amide bonds. The van der Waals surface area contributed by atoms with Gasteiger partial charge in [0, 0.05) is 31.4 Å². The molecule has 2 aliphatic heterocycles. The number of nitrogens with one attached hydrogen (secondary N) is 3. The van der Waals surface area contributed by atoms with Crippen molar-refractivity contribution >= 4 is 0 Å². The normalized spacial score (nSPS) is 23.3. The molecule has 0 bridgehead atoms. The van der Waals surface area contributed by atoms with E-state index in [4.69, 9.17) is 4.98 Å². The van der Waals surface area contributed by atoms with Gasteiger partial charge in [0.25, 0.3) is 0 Å². The highest BCUT2D eigenvalue weighted by Gasteiger charge is 2.29. The summed E-state index contributed by atoms with van der Waals surface area (Å²) in [6.07, 6.45) is 11.9. The minimum Gasteiger partial charge on any atom is -0.317 e. The van der Waals surface area contributed by atoms with Gasteiger partial charge in [-0.1, -0.05) is 30.3 Å². The largest absolute Gasteiger partial charge is 0.317 e. The third-order valence-electron chi connectivity index (χ3n) is 7.87. The van der Waals surface area contributed by atoms with E-state index < -0.39 is 0 Å². The molecule has 5 nitrogen and oxygen atoms in total. The van der Waals surface area contributed by atoms with Crippen LogP contribution in [0.15, 0.2) is 42.6 Å². The molecule has 1 fully saturated rings. The van der Waals surface area contributed by atoms with E-state index in [2.05, 4.69) is 57.2 Å². The van der Waals surface area contributed by atoms with Crippen molar-refractivity contribution in [1.82, 2.24) is 25.8 Å². The number of unbranched alkanes of at least 4 members (excludes halogenated alkanes) is 1. The predicted octanol–water partition coefficient (Wildman–Crippen LogP) is 3.60. The lowest BCUT2D eigenvalue weighted by molar-refractivity contribution is 0.150. The standard InChI is InChI=1S/C28H41N5/c1-2-8-24-20-32-26(19-23(24)7-1)21-33(18-4-3-14-30-25-12-16-29-17-13-25)27-11-5-9-22-10-6-15-31-28(22)27/h1-2,6-8,10,15,25-27,29-30,32H,3-5,9,11-14,16-21H2/t26-,27+/m1/s1. The molecule has 0 unspecified atom stereocenters. The molecule has 1 aromatic carbocycles. The van der Waals surface area contributed by atoms with Gasteiger partial charge in [-0.25, -0.2) is 0 Å².